The molecule has 1 aromatic carbocycles. The summed E-state index contributed by atoms with van der Waals surface area (Å²) in [5, 5.41) is 3.61. The minimum absolute atomic E-state index is 0.472. The highest BCUT2D eigenvalue weighted by Gasteiger charge is 2.28. The predicted octanol–water partition coefficient (Wildman–Crippen LogP) is 2.02. The third-order valence-corrected chi connectivity index (χ3v) is 3.61. The van der Waals surface area contributed by atoms with Crippen LogP contribution in [-0.2, 0) is 17.8 Å². The third kappa shape index (κ3) is 3.55. The van der Waals surface area contributed by atoms with Gasteiger partial charge in [-0.2, -0.15) is 0 Å². The van der Waals surface area contributed by atoms with Gasteiger partial charge in [-0.3, -0.25) is 0 Å². The number of hydrogen-bond donors (Lipinski definition) is 1. The first-order chi connectivity index (χ1) is 8.69. The van der Waals surface area contributed by atoms with Crippen LogP contribution in [0.2, 0.25) is 0 Å². The SMILES string of the molecule is COC1CC(NCc2ccccc2CN(C)C)C1. The lowest BCUT2D eigenvalue weighted by Crippen LogP contribution is -2.44. The second kappa shape index (κ2) is 6.32. The number of methoxy groups -OCH3 is 1. The Kier molecular flexibility index (Phi) is 4.75. The van der Waals surface area contributed by atoms with Crippen LogP contribution in [0, 0.1) is 0 Å². The van der Waals surface area contributed by atoms with E-state index in [2.05, 4.69) is 48.6 Å². The highest BCUT2D eigenvalue weighted by atomic mass is 16.5. The van der Waals surface area contributed by atoms with Crippen molar-refractivity contribution in [3.8, 4) is 0 Å². The summed E-state index contributed by atoms with van der Waals surface area (Å²) in [7, 11) is 6.02. The van der Waals surface area contributed by atoms with Gasteiger partial charge in [0.05, 0.1) is 6.10 Å². The number of benzene rings is 1. The standard InChI is InChI=1S/C15H24N2O/c1-17(2)11-13-7-5-4-6-12(13)10-16-14-8-15(9-14)18-3/h4-7,14-16H,8-11H2,1-3H3. The lowest BCUT2D eigenvalue weighted by Gasteiger charge is -2.35. The van der Waals surface area contributed by atoms with Gasteiger partial charge in [0.15, 0.2) is 0 Å². The molecule has 0 aliphatic heterocycles. The van der Waals surface area contributed by atoms with Crippen LogP contribution in [-0.4, -0.2) is 38.3 Å². The lowest BCUT2D eigenvalue weighted by molar-refractivity contribution is 0.0170. The predicted molar refractivity (Wildman–Crippen MR) is 74.5 cm³/mol. The molecule has 0 amide bonds. The number of nitrogens with zero attached hydrogens (tertiary/aromatic N) is 1. The fourth-order valence-electron chi connectivity index (χ4n) is 2.40. The number of rotatable bonds is 6. The minimum atomic E-state index is 0.472. The molecule has 18 heavy (non-hydrogen) atoms. The average Bonchev–Trinajstić information content (AvgIpc) is 2.28. The van der Waals surface area contributed by atoms with E-state index in [1.54, 1.807) is 7.11 Å². The molecule has 0 spiro atoms. The second-order valence-electron chi connectivity index (χ2n) is 5.41. The van der Waals surface area contributed by atoms with Gasteiger partial charge in [-0.05, 0) is 38.1 Å². The molecule has 0 aromatic heterocycles. The van der Waals surface area contributed by atoms with Crippen LogP contribution in [0.5, 0.6) is 0 Å². The van der Waals surface area contributed by atoms with E-state index in [0.29, 0.717) is 12.1 Å². The molecular formula is C15H24N2O. The molecule has 0 bridgehead atoms. The molecule has 1 saturated carbocycles. The van der Waals surface area contributed by atoms with Gasteiger partial charge in [0.1, 0.15) is 0 Å². The summed E-state index contributed by atoms with van der Waals surface area (Å²) in [6, 6.07) is 9.30. The fraction of sp³-hybridized carbons (Fsp3) is 0.600. The van der Waals surface area contributed by atoms with E-state index in [1.807, 2.05) is 0 Å². The molecule has 1 fully saturated rings. The van der Waals surface area contributed by atoms with Gasteiger partial charge in [-0.1, -0.05) is 24.3 Å². The Morgan fingerprint density at radius 1 is 1.22 bits per heavy atom. The molecule has 2 rings (SSSR count). The van der Waals surface area contributed by atoms with Gasteiger partial charge < -0.3 is 15.0 Å². The summed E-state index contributed by atoms with van der Waals surface area (Å²) in [4.78, 5) is 2.21. The van der Waals surface area contributed by atoms with Crippen molar-refractivity contribution >= 4 is 0 Å². The highest BCUT2D eigenvalue weighted by Crippen LogP contribution is 2.23. The number of hydrogen-bond acceptors (Lipinski definition) is 3. The molecule has 3 heteroatoms. The van der Waals surface area contributed by atoms with Crippen LogP contribution in [0.25, 0.3) is 0 Å². The zero-order chi connectivity index (χ0) is 13.0. The minimum Gasteiger partial charge on any atom is -0.381 e. The fourth-order valence-corrected chi connectivity index (χ4v) is 2.40. The molecule has 3 nitrogen and oxygen atoms in total. The maximum atomic E-state index is 5.30. The van der Waals surface area contributed by atoms with E-state index >= 15 is 0 Å². The molecule has 0 unspecified atom stereocenters. The maximum absolute atomic E-state index is 5.30. The van der Waals surface area contributed by atoms with Crippen molar-refractivity contribution in [2.45, 2.75) is 38.1 Å². The van der Waals surface area contributed by atoms with Crippen molar-refractivity contribution in [1.29, 1.82) is 0 Å². The van der Waals surface area contributed by atoms with Gasteiger partial charge in [-0.15, -0.1) is 0 Å². The Labute approximate surface area is 110 Å². The van der Waals surface area contributed by atoms with Crippen molar-refractivity contribution in [1.82, 2.24) is 10.2 Å². The topological polar surface area (TPSA) is 24.5 Å². The Bertz CT molecular complexity index is 373. The molecule has 0 atom stereocenters. The van der Waals surface area contributed by atoms with Gasteiger partial charge in [0.2, 0.25) is 0 Å². The Hall–Kier alpha value is -0.900. The Morgan fingerprint density at radius 3 is 2.50 bits per heavy atom. The van der Waals surface area contributed by atoms with Gasteiger partial charge in [-0.25, -0.2) is 0 Å². The van der Waals surface area contributed by atoms with E-state index < -0.39 is 0 Å². The van der Waals surface area contributed by atoms with E-state index in [1.165, 1.54) is 11.1 Å². The van der Waals surface area contributed by atoms with Crippen molar-refractivity contribution in [3.63, 3.8) is 0 Å². The molecule has 100 valence electrons. The van der Waals surface area contributed by atoms with Crippen molar-refractivity contribution in [3.05, 3.63) is 35.4 Å². The Morgan fingerprint density at radius 2 is 1.89 bits per heavy atom. The zero-order valence-electron chi connectivity index (χ0n) is 11.6. The second-order valence-corrected chi connectivity index (χ2v) is 5.41. The normalized spacial score (nSPS) is 23.1. The summed E-state index contributed by atoms with van der Waals surface area (Å²) in [5.41, 5.74) is 2.82. The number of nitrogens with one attached hydrogen (secondary N) is 1. The molecule has 0 saturated heterocycles. The van der Waals surface area contributed by atoms with Crippen LogP contribution in [0.15, 0.2) is 24.3 Å². The number of ether oxygens (including phenoxy) is 1. The quantitative estimate of drug-likeness (QED) is 0.833. The van der Waals surface area contributed by atoms with E-state index in [9.17, 15) is 0 Å². The molecule has 1 aromatic rings. The maximum Gasteiger partial charge on any atom is 0.0601 e. The van der Waals surface area contributed by atoms with Gasteiger partial charge in [0.25, 0.3) is 0 Å². The van der Waals surface area contributed by atoms with E-state index in [0.717, 1.165) is 25.9 Å². The highest BCUT2D eigenvalue weighted by molar-refractivity contribution is 5.27. The van der Waals surface area contributed by atoms with Crippen LogP contribution >= 0.6 is 0 Å². The zero-order valence-corrected chi connectivity index (χ0v) is 11.6. The summed E-state index contributed by atoms with van der Waals surface area (Å²) in [5.74, 6) is 0. The van der Waals surface area contributed by atoms with Crippen molar-refractivity contribution < 1.29 is 4.74 Å². The van der Waals surface area contributed by atoms with Gasteiger partial charge >= 0.3 is 0 Å². The van der Waals surface area contributed by atoms with Crippen molar-refractivity contribution in [2.75, 3.05) is 21.2 Å². The van der Waals surface area contributed by atoms with Crippen LogP contribution in [0.3, 0.4) is 0 Å². The van der Waals surface area contributed by atoms with Gasteiger partial charge in [0, 0.05) is 26.2 Å². The first-order valence-electron chi connectivity index (χ1n) is 6.66. The van der Waals surface area contributed by atoms with E-state index in [4.69, 9.17) is 4.74 Å². The van der Waals surface area contributed by atoms with Crippen LogP contribution in [0.1, 0.15) is 24.0 Å². The van der Waals surface area contributed by atoms with E-state index in [-0.39, 0.29) is 0 Å². The first-order valence-corrected chi connectivity index (χ1v) is 6.66. The molecular weight excluding hydrogens is 224 g/mol. The average molecular weight is 248 g/mol. The van der Waals surface area contributed by atoms with Crippen LogP contribution < -0.4 is 5.32 Å². The molecule has 1 aliphatic rings. The van der Waals surface area contributed by atoms with Crippen molar-refractivity contribution in [2.24, 2.45) is 0 Å². The molecule has 0 heterocycles. The Balaban J connectivity index is 1.85. The summed E-state index contributed by atoms with van der Waals surface area (Å²) in [6.07, 6.45) is 2.76. The van der Waals surface area contributed by atoms with Crippen LogP contribution in [0.4, 0.5) is 0 Å². The first kappa shape index (κ1) is 13.5. The molecule has 0 radical (unpaired) electrons. The summed E-state index contributed by atoms with van der Waals surface area (Å²) < 4.78 is 5.30. The lowest BCUT2D eigenvalue weighted by atomic mass is 9.89. The smallest absolute Gasteiger partial charge is 0.0601 e. The summed E-state index contributed by atoms with van der Waals surface area (Å²) >= 11 is 0. The molecule has 1 aliphatic carbocycles. The summed E-state index contributed by atoms with van der Waals surface area (Å²) in [6.45, 7) is 1.97. The largest absolute Gasteiger partial charge is 0.381 e. The third-order valence-electron chi connectivity index (χ3n) is 3.61. The monoisotopic (exact) mass is 248 g/mol. The molecule has 1 N–H and O–H groups in total.